The normalized spacial score (nSPS) is 10.9. The number of benzene rings is 2. The number of anilines is 1. The lowest BCUT2D eigenvalue weighted by Gasteiger charge is -2.21. The molecule has 0 heterocycles. The standard InChI is InChI=1S/C17H19N3O3/c1-3-20(4-2)14-9-10-15(16(21)11-14)19-18-13-7-5-12(6-8-13)17(22)23/h5-11,21H,3-4H2,1-2H3,(H,22,23). The average molecular weight is 313 g/mol. The zero-order chi connectivity index (χ0) is 16.8. The fourth-order valence-corrected chi connectivity index (χ4v) is 2.16. The molecule has 0 saturated heterocycles. The van der Waals surface area contributed by atoms with Crippen molar-refractivity contribution in [2.45, 2.75) is 13.8 Å². The Morgan fingerprint density at radius 1 is 1.04 bits per heavy atom. The van der Waals surface area contributed by atoms with E-state index in [2.05, 4.69) is 29.0 Å². The molecular formula is C17H19N3O3. The van der Waals surface area contributed by atoms with Crippen LogP contribution in [0.25, 0.3) is 0 Å². The van der Waals surface area contributed by atoms with Gasteiger partial charge in [0.15, 0.2) is 0 Å². The molecule has 6 nitrogen and oxygen atoms in total. The first kappa shape index (κ1) is 16.5. The maximum atomic E-state index is 10.8. The first-order valence-corrected chi connectivity index (χ1v) is 7.38. The monoisotopic (exact) mass is 313 g/mol. The highest BCUT2D eigenvalue weighted by molar-refractivity contribution is 5.87. The summed E-state index contributed by atoms with van der Waals surface area (Å²) in [5.74, 6) is -0.932. The van der Waals surface area contributed by atoms with E-state index in [0.717, 1.165) is 18.8 Å². The largest absolute Gasteiger partial charge is 0.506 e. The van der Waals surface area contributed by atoms with Crippen molar-refractivity contribution in [1.29, 1.82) is 0 Å². The number of phenolic OH excluding ortho intramolecular Hbond substituents is 1. The van der Waals surface area contributed by atoms with E-state index < -0.39 is 5.97 Å². The van der Waals surface area contributed by atoms with Crippen molar-refractivity contribution in [2.75, 3.05) is 18.0 Å². The Labute approximate surface area is 134 Å². The van der Waals surface area contributed by atoms with Crippen molar-refractivity contribution in [3.05, 3.63) is 48.0 Å². The molecule has 0 atom stereocenters. The number of hydrogen-bond acceptors (Lipinski definition) is 5. The highest BCUT2D eigenvalue weighted by atomic mass is 16.4. The minimum absolute atomic E-state index is 0.0558. The van der Waals surface area contributed by atoms with Gasteiger partial charge in [-0.1, -0.05) is 0 Å². The van der Waals surface area contributed by atoms with Gasteiger partial charge in [0, 0.05) is 24.8 Å². The minimum atomic E-state index is -0.988. The molecular weight excluding hydrogens is 294 g/mol. The molecule has 0 saturated carbocycles. The molecule has 0 aliphatic rings. The highest BCUT2D eigenvalue weighted by Gasteiger charge is 2.06. The third-order valence-electron chi connectivity index (χ3n) is 3.48. The van der Waals surface area contributed by atoms with E-state index >= 15 is 0 Å². The molecule has 6 heteroatoms. The van der Waals surface area contributed by atoms with Gasteiger partial charge < -0.3 is 15.1 Å². The summed E-state index contributed by atoms with van der Waals surface area (Å²) in [6, 6.07) is 11.3. The Hall–Kier alpha value is -2.89. The van der Waals surface area contributed by atoms with Crippen LogP contribution in [0.3, 0.4) is 0 Å². The van der Waals surface area contributed by atoms with Crippen LogP contribution in [0.1, 0.15) is 24.2 Å². The average Bonchev–Trinajstić information content (AvgIpc) is 2.55. The van der Waals surface area contributed by atoms with Crippen LogP contribution in [-0.4, -0.2) is 29.3 Å². The van der Waals surface area contributed by atoms with Crippen molar-refractivity contribution in [3.63, 3.8) is 0 Å². The lowest BCUT2D eigenvalue weighted by Crippen LogP contribution is -2.21. The number of azo groups is 1. The number of phenols is 1. The number of hydrogen-bond donors (Lipinski definition) is 2. The molecule has 0 bridgehead atoms. The summed E-state index contributed by atoms with van der Waals surface area (Å²) in [6.07, 6.45) is 0. The fourth-order valence-electron chi connectivity index (χ4n) is 2.16. The van der Waals surface area contributed by atoms with Crippen LogP contribution < -0.4 is 4.90 Å². The summed E-state index contributed by atoms with van der Waals surface area (Å²) in [5.41, 5.74) is 2.00. The van der Waals surface area contributed by atoms with Gasteiger partial charge in [-0.25, -0.2) is 4.79 Å². The van der Waals surface area contributed by atoms with Gasteiger partial charge in [0.25, 0.3) is 0 Å². The van der Waals surface area contributed by atoms with Gasteiger partial charge in [0.1, 0.15) is 11.4 Å². The molecule has 0 spiro atoms. The second kappa shape index (κ2) is 7.40. The first-order chi connectivity index (χ1) is 11.0. The third-order valence-corrected chi connectivity index (χ3v) is 3.48. The Morgan fingerprint density at radius 3 is 2.22 bits per heavy atom. The zero-order valence-corrected chi connectivity index (χ0v) is 13.1. The van der Waals surface area contributed by atoms with Crippen LogP contribution in [0.2, 0.25) is 0 Å². The molecule has 0 unspecified atom stereocenters. The highest BCUT2D eigenvalue weighted by Crippen LogP contribution is 2.32. The van der Waals surface area contributed by atoms with Gasteiger partial charge in [0.05, 0.1) is 11.3 Å². The predicted octanol–water partition coefficient (Wildman–Crippen LogP) is 4.35. The van der Waals surface area contributed by atoms with E-state index in [1.54, 1.807) is 24.3 Å². The lowest BCUT2D eigenvalue weighted by atomic mass is 10.2. The molecule has 2 aromatic rings. The van der Waals surface area contributed by atoms with Crippen LogP contribution in [0.5, 0.6) is 5.75 Å². The molecule has 0 radical (unpaired) electrons. The van der Waals surface area contributed by atoms with Gasteiger partial charge >= 0.3 is 5.97 Å². The van der Waals surface area contributed by atoms with Crippen LogP contribution in [-0.2, 0) is 0 Å². The Kier molecular flexibility index (Phi) is 5.30. The molecule has 0 amide bonds. The number of rotatable bonds is 6. The van der Waals surface area contributed by atoms with E-state index in [9.17, 15) is 9.90 Å². The van der Waals surface area contributed by atoms with E-state index in [0.29, 0.717) is 11.4 Å². The molecule has 2 aromatic carbocycles. The molecule has 0 aliphatic heterocycles. The molecule has 0 aromatic heterocycles. The van der Waals surface area contributed by atoms with Gasteiger partial charge in [-0.3, -0.25) is 0 Å². The number of carboxylic acid groups (broad SMARTS) is 1. The van der Waals surface area contributed by atoms with Crippen molar-refractivity contribution in [1.82, 2.24) is 0 Å². The number of carbonyl (C=O) groups is 1. The molecule has 2 N–H and O–H groups in total. The molecule has 0 aliphatic carbocycles. The van der Waals surface area contributed by atoms with E-state index in [4.69, 9.17) is 5.11 Å². The molecule has 120 valence electrons. The number of aromatic carboxylic acids is 1. The molecule has 0 fully saturated rings. The smallest absolute Gasteiger partial charge is 0.335 e. The molecule has 23 heavy (non-hydrogen) atoms. The second-order valence-electron chi connectivity index (χ2n) is 4.90. The van der Waals surface area contributed by atoms with Gasteiger partial charge in [0.2, 0.25) is 0 Å². The van der Waals surface area contributed by atoms with Crippen molar-refractivity contribution in [2.24, 2.45) is 10.2 Å². The number of nitrogens with zero attached hydrogens (tertiary/aromatic N) is 3. The van der Waals surface area contributed by atoms with Crippen molar-refractivity contribution < 1.29 is 15.0 Å². The van der Waals surface area contributed by atoms with Crippen molar-refractivity contribution >= 4 is 23.0 Å². The summed E-state index contributed by atoms with van der Waals surface area (Å²) in [5, 5.41) is 26.9. The Balaban J connectivity index is 2.17. The first-order valence-electron chi connectivity index (χ1n) is 7.38. The number of carboxylic acids is 1. The van der Waals surface area contributed by atoms with Gasteiger partial charge in [-0.2, -0.15) is 5.11 Å². The number of aromatic hydroxyl groups is 1. The summed E-state index contributed by atoms with van der Waals surface area (Å²) in [6.45, 7) is 5.81. The van der Waals surface area contributed by atoms with Gasteiger partial charge in [-0.05, 0) is 50.2 Å². The SMILES string of the molecule is CCN(CC)c1ccc(N=Nc2ccc(C(=O)O)cc2)c(O)c1. The second-order valence-corrected chi connectivity index (χ2v) is 4.90. The lowest BCUT2D eigenvalue weighted by molar-refractivity contribution is 0.0697. The summed E-state index contributed by atoms with van der Waals surface area (Å²) < 4.78 is 0. The van der Waals surface area contributed by atoms with E-state index in [1.807, 2.05) is 6.07 Å². The Morgan fingerprint density at radius 2 is 1.70 bits per heavy atom. The maximum Gasteiger partial charge on any atom is 0.335 e. The topological polar surface area (TPSA) is 85.5 Å². The summed E-state index contributed by atoms with van der Waals surface area (Å²) >= 11 is 0. The quantitative estimate of drug-likeness (QED) is 0.776. The van der Waals surface area contributed by atoms with E-state index in [-0.39, 0.29) is 11.3 Å². The van der Waals surface area contributed by atoms with Crippen LogP contribution in [0.15, 0.2) is 52.7 Å². The Bertz CT molecular complexity index is 708. The fraction of sp³-hybridized carbons (Fsp3) is 0.235. The van der Waals surface area contributed by atoms with Crippen molar-refractivity contribution in [3.8, 4) is 5.75 Å². The van der Waals surface area contributed by atoms with Gasteiger partial charge in [-0.15, -0.1) is 5.11 Å². The predicted molar refractivity (Wildman–Crippen MR) is 89.2 cm³/mol. The van der Waals surface area contributed by atoms with Crippen LogP contribution in [0, 0.1) is 0 Å². The van der Waals surface area contributed by atoms with E-state index in [1.165, 1.54) is 12.1 Å². The maximum absolute atomic E-state index is 10.8. The third kappa shape index (κ3) is 4.06. The zero-order valence-electron chi connectivity index (χ0n) is 13.1. The summed E-state index contributed by atoms with van der Waals surface area (Å²) in [7, 11) is 0. The summed E-state index contributed by atoms with van der Waals surface area (Å²) in [4.78, 5) is 12.9. The minimum Gasteiger partial charge on any atom is -0.506 e. The van der Waals surface area contributed by atoms with Crippen LogP contribution >= 0.6 is 0 Å². The molecule has 2 rings (SSSR count). The van der Waals surface area contributed by atoms with Crippen LogP contribution in [0.4, 0.5) is 17.1 Å².